The van der Waals surface area contributed by atoms with Gasteiger partial charge in [0.1, 0.15) is 0 Å². The maximum Gasteiger partial charge on any atom is 0.435 e. The molecule has 0 fully saturated rings. The number of rotatable bonds is 5. The second-order valence-corrected chi connectivity index (χ2v) is 6.67. The minimum absolute atomic E-state index is 0.00162. The van der Waals surface area contributed by atoms with Crippen molar-refractivity contribution in [1.29, 1.82) is 0 Å². The Hall–Kier alpha value is -2.78. The van der Waals surface area contributed by atoms with Crippen LogP contribution in [0, 0.1) is 13.8 Å². The molecule has 0 atom stereocenters. The molecule has 2 aromatic rings. The standard InChI is InChI=1S/C20H19F7N2O/c1-4-28-15-8-6-5-7-14(15)17(30)29-16-11(2)9-13(10-12(16)3)18(21,19(22,23)24)20(25,26)27/h5-10,28H,4H2,1-3H3,(H,29,30). The topological polar surface area (TPSA) is 41.1 Å². The molecular formula is C20H19F7N2O. The zero-order valence-electron chi connectivity index (χ0n) is 16.2. The molecule has 3 nitrogen and oxygen atoms in total. The molecular weight excluding hydrogens is 417 g/mol. The Labute approximate surface area is 168 Å². The van der Waals surface area contributed by atoms with E-state index < -0.39 is 29.5 Å². The van der Waals surface area contributed by atoms with Crippen LogP contribution in [0.2, 0.25) is 0 Å². The molecule has 0 spiro atoms. The number of amides is 1. The van der Waals surface area contributed by atoms with Crippen LogP contribution in [0.4, 0.5) is 42.1 Å². The largest absolute Gasteiger partial charge is 0.435 e. The van der Waals surface area contributed by atoms with Crippen LogP contribution in [0.15, 0.2) is 36.4 Å². The summed E-state index contributed by atoms with van der Waals surface area (Å²) in [5.41, 5.74) is -6.68. The van der Waals surface area contributed by atoms with E-state index in [1.807, 2.05) is 6.92 Å². The van der Waals surface area contributed by atoms with E-state index in [0.29, 0.717) is 24.4 Å². The van der Waals surface area contributed by atoms with Gasteiger partial charge in [-0.05, 0) is 44.0 Å². The summed E-state index contributed by atoms with van der Waals surface area (Å²) in [5.74, 6) is -0.622. The lowest BCUT2D eigenvalue weighted by molar-refractivity contribution is -0.348. The number of para-hydroxylation sites is 1. The Bertz CT molecular complexity index is 898. The van der Waals surface area contributed by atoms with Gasteiger partial charge in [0, 0.05) is 23.5 Å². The molecule has 30 heavy (non-hydrogen) atoms. The Morgan fingerprint density at radius 2 is 1.40 bits per heavy atom. The van der Waals surface area contributed by atoms with Crippen molar-refractivity contribution in [2.45, 2.75) is 38.8 Å². The molecule has 10 heteroatoms. The molecule has 0 bridgehead atoms. The van der Waals surface area contributed by atoms with Gasteiger partial charge in [-0.3, -0.25) is 4.79 Å². The third-order valence-electron chi connectivity index (χ3n) is 4.49. The van der Waals surface area contributed by atoms with E-state index >= 15 is 0 Å². The van der Waals surface area contributed by atoms with Crippen LogP contribution in [0.1, 0.15) is 34.0 Å². The number of carbonyl (C=O) groups is 1. The maximum absolute atomic E-state index is 14.3. The van der Waals surface area contributed by atoms with Gasteiger partial charge in [0.25, 0.3) is 5.91 Å². The van der Waals surface area contributed by atoms with Gasteiger partial charge in [-0.15, -0.1) is 0 Å². The minimum atomic E-state index is -6.21. The molecule has 0 unspecified atom stereocenters. The molecule has 0 radical (unpaired) electrons. The fourth-order valence-electron chi connectivity index (χ4n) is 3.05. The summed E-state index contributed by atoms with van der Waals surface area (Å²) >= 11 is 0. The Balaban J connectivity index is 2.49. The highest BCUT2D eigenvalue weighted by molar-refractivity contribution is 6.08. The first-order chi connectivity index (χ1) is 13.7. The Morgan fingerprint density at radius 1 is 0.900 bits per heavy atom. The van der Waals surface area contributed by atoms with E-state index in [0.717, 1.165) is 0 Å². The van der Waals surface area contributed by atoms with Crippen LogP contribution in [0.5, 0.6) is 0 Å². The van der Waals surface area contributed by atoms with Crippen molar-refractivity contribution in [1.82, 2.24) is 0 Å². The summed E-state index contributed by atoms with van der Waals surface area (Å²) in [7, 11) is 0. The predicted molar refractivity (Wildman–Crippen MR) is 99.4 cm³/mol. The first-order valence-corrected chi connectivity index (χ1v) is 8.82. The van der Waals surface area contributed by atoms with E-state index in [9.17, 15) is 35.5 Å². The summed E-state index contributed by atoms with van der Waals surface area (Å²) in [6, 6.07) is 7.33. The number of nitrogens with one attached hydrogen (secondary N) is 2. The van der Waals surface area contributed by atoms with Crippen LogP contribution >= 0.6 is 0 Å². The summed E-state index contributed by atoms with van der Waals surface area (Å²) in [6.45, 7) is 4.71. The number of halogens is 7. The van der Waals surface area contributed by atoms with E-state index in [2.05, 4.69) is 10.6 Å². The molecule has 2 aromatic carbocycles. The van der Waals surface area contributed by atoms with Gasteiger partial charge in [-0.2, -0.15) is 26.3 Å². The SMILES string of the molecule is CCNc1ccccc1C(=O)Nc1c(C)cc(C(F)(C(F)(F)F)C(F)(F)F)cc1C. The normalized spacial score (nSPS) is 12.6. The van der Waals surface area contributed by atoms with Gasteiger partial charge in [0.05, 0.1) is 5.56 Å². The van der Waals surface area contributed by atoms with Gasteiger partial charge in [-0.1, -0.05) is 24.3 Å². The van der Waals surface area contributed by atoms with Crippen LogP contribution < -0.4 is 10.6 Å². The average molecular weight is 436 g/mol. The highest BCUT2D eigenvalue weighted by atomic mass is 19.4. The summed E-state index contributed by atoms with van der Waals surface area (Å²) in [4.78, 5) is 12.6. The Kier molecular flexibility index (Phi) is 6.39. The van der Waals surface area contributed by atoms with Crippen LogP contribution in [0.25, 0.3) is 0 Å². The number of aryl methyl sites for hydroxylation is 2. The van der Waals surface area contributed by atoms with Gasteiger partial charge in [0.15, 0.2) is 0 Å². The third kappa shape index (κ3) is 4.22. The zero-order valence-corrected chi connectivity index (χ0v) is 16.2. The number of benzene rings is 2. The summed E-state index contributed by atoms with van der Waals surface area (Å²) in [5, 5.41) is 5.46. The highest BCUT2D eigenvalue weighted by Gasteiger charge is 2.73. The smallest absolute Gasteiger partial charge is 0.385 e. The van der Waals surface area contributed by atoms with Crippen molar-refractivity contribution in [3.63, 3.8) is 0 Å². The van der Waals surface area contributed by atoms with Crippen molar-refractivity contribution in [2.24, 2.45) is 0 Å². The molecule has 1 amide bonds. The summed E-state index contributed by atoms with van der Waals surface area (Å²) < 4.78 is 92.5. The van der Waals surface area contributed by atoms with E-state index in [1.54, 1.807) is 18.2 Å². The molecule has 0 aromatic heterocycles. The molecule has 0 heterocycles. The quantitative estimate of drug-likeness (QED) is 0.542. The average Bonchev–Trinajstić information content (AvgIpc) is 2.62. The van der Waals surface area contributed by atoms with Crippen LogP contribution in [-0.2, 0) is 5.67 Å². The van der Waals surface area contributed by atoms with E-state index in [1.165, 1.54) is 19.9 Å². The lowest BCUT2D eigenvalue weighted by Crippen LogP contribution is -2.50. The van der Waals surface area contributed by atoms with Crippen molar-refractivity contribution < 1.29 is 35.5 Å². The second kappa shape index (κ2) is 8.16. The first kappa shape index (κ1) is 23.5. The molecule has 0 aliphatic carbocycles. The number of carbonyl (C=O) groups excluding carboxylic acids is 1. The molecule has 0 saturated carbocycles. The molecule has 0 saturated heterocycles. The zero-order chi connectivity index (χ0) is 22.9. The van der Waals surface area contributed by atoms with Gasteiger partial charge >= 0.3 is 18.0 Å². The van der Waals surface area contributed by atoms with Crippen molar-refractivity contribution in [2.75, 3.05) is 17.2 Å². The summed E-state index contributed by atoms with van der Waals surface area (Å²) in [6.07, 6.45) is -12.4. The van der Waals surface area contributed by atoms with Gasteiger partial charge in [-0.25, -0.2) is 4.39 Å². The predicted octanol–water partition coefficient (Wildman–Crippen LogP) is 6.28. The Morgan fingerprint density at radius 3 is 1.87 bits per heavy atom. The molecule has 0 aliphatic rings. The molecule has 164 valence electrons. The molecule has 2 rings (SSSR count). The van der Waals surface area contributed by atoms with Crippen molar-refractivity contribution in [3.05, 3.63) is 58.7 Å². The van der Waals surface area contributed by atoms with E-state index in [-0.39, 0.29) is 22.4 Å². The second-order valence-electron chi connectivity index (χ2n) is 6.67. The van der Waals surface area contributed by atoms with Crippen LogP contribution in [0.3, 0.4) is 0 Å². The lowest BCUT2D eigenvalue weighted by atomic mass is 9.90. The fourth-order valence-corrected chi connectivity index (χ4v) is 3.05. The molecule has 0 aliphatic heterocycles. The lowest BCUT2D eigenvalue weighted by Gasteiger charge is -2.31. The maximum atomic E-state index is 14.3. The van der Waals surface area contributed by atoms with Crippen molar-refractivity contribution >= 4 is 17.3 Å². The van der Waals surface area contributed by atoms with Crippen molar-refractivity contribution in [3.8, 4) is 0 Å². The highest BCUT2D eigenvalue weighted by Crippen LogP contribution is 2.53. The number of anilines is 2. The van der Waals surface area contributed by atoms with Gasteiger partial charge < -0.3 is 10.6 Å². The number of alkyl halides is 7. The first-order valence-electron chi connectivity index (χ1n) is 8.82. The molecule has 2 N–H and O–H groups in total. The number of hydrogen-bond acceptors (Lipinski definition) is 2. The fraction of sp³-hybridized carbons (Fsp3) is 0.350. The number of hydrogen-bond donors (Lipinski definition) is 2. The third-order valence-corrected chi connectivity index (χ3v) is 4.49. The van der Waals surface area contributed by atoms with E-state index in [4.69, 9.17) is 0 Å². The monoisotopic (exact) mass is 436 g/mol. The van der Waals surface area contributed by atoms with Gasteiger partial charge in [0.2, 0.25) is 0 Å². The minimum Gasteiger partial charge on any atom is -0.385 e. The van der Waals surface area contributed by atoms with Crippen LogP contribution in [-0.4, -0.2) is 24.8 Å².